The van der Waals surface area contributed by atoms with Crippen molar-refractivity contribution in [2.45, 2.75) is 32.7 Å². The van der Waals surface area contributed by atoms with Crippen LogP contribution in [0.15, 0.2) is 48.5 Å². The lowest BCUT2D eigenvalue weighted by Gasteiger charge is -2.12. The summed E-state index contributed by atoms with van der Waals surface area (Å²) in [6.45, 7) is 6.66. The van der Waals surface area contributed by atoms with Gasteiger partial charge in [0.15, 0.2) is 0 Å². The van der Waals surface area contributed by atoms with E-state index in [1.54, 1.807) is 7.05 Å². The first kappa shape index (κ1) is 31.5. The molecule has 10 heteroatoms. The number of carboxylic acid groups (broad SMARTS) is 1. The molecule has 4 N–H and O–H groups in total. The van der Waals surface area contributed by atoms with Gasteiger partial charge < -0.3 is 25.3 Å². The topological polar surface area (TPSA) is 117 Å². The van der Waals surface area contributed by atoms with E-state index in [9.17, 15) is 9.59 Å². The molecule has 1 fully saturated rings. The fraction of sp³-hybridized carbons (Fsp3) is 0.375. The minimum Gasteiger partial charge on any atom is -0.480 e. The normalized spacial score (nSPS) is 13.6. The number of benzene rings is 2. The average Bonchev–Trinajstić information content (AvgIpc) is 3.25. The molecule has 1 amide bonds. The maximum absolute atomic E-state index is 11.1. The standard InChI is InChI=1S/C18H20N2O2S.C3H7NO2.C2H6S.CH2O/c1-13-7-8-15(11-17(13)14-5-3-2-4-6-14)20-23-22-12-16-9-10-18(21)19-16;1-4-2-3(5)6;1-2-3;1-2/h2-8,11,16,20H,9-10,12H2,1H3,(H,19,21);4H,2H2,1H3,(H,5,6);3H,2H2,1H3;1H2/t16-;;;/m0.../s1. The minimum absolute atomic E-state index is 0.0417. The largest absolute Gasteiger partial charge is 0.480 e. The van der Waals surface area contributed by atoms with E-state index in [2.05, 4.69) is 59.2 Å². The maximum Gasteiger partial charge on any atom is 0.317 e. The molecule has 2 aromatic rings. The Hall–Kier alpha value is -2.53. The van der Waals surface area contributed by atoms with E-state index in [1.165, 1.54) is 28.9 Å². The predicted molar refractivity (Wildman–Crippen MR) is 143 cm³/mol. The lowest BCUT2D eigenvalue weighted by molar-refractivity contribution is -0.135. The molecule has 0 aliphatic carbocycles. The number of likely N-dealkylation sites (N-methyl/N-ethyl adjacent to an activating group) is 1. The lowest BCUT2D eigenvalue weighted by Crippen LogP contribution is -2.28. The van der Waals surface area contributed by atoms with Crippen molar-refractivity contribution in [3.63, 3.8) is 0 Å². The third-order valence-corrected chi connectivity index (χ3v) is 4.80. The summed E-state index contributed by atoms with van der Waals surface area (Å²) in [7, 11) is 1.59. The molecule has 1 heterocycles. The van der Waals surface area contributed by atoms with Crippen LogP contribution in [0.5, 0.6) is 0 Å². The summed E-state index contributed by atoms with van der Waals surface area (Å²) in [4.78, 5) is 28.7. The summed E-state index contributed by atoms with van der Waals surface area (Å²) in [6, 6.07) is 16.7. The van der Waals surface area contributed by atoms with Gasteiger partial charge in [-0.3, -0.25) is 13.8 Å². The number of carbonyl (C=O) groups excluding carboxylic acids is 2. The van der Waals surface area contributed by atoms with Gasteiger partial charge in [0.2, 0.25) is 5.91 Å². The quantitative estimate of drug-likeness (QED) is 0.157. The van der Waals surface area contributed by atoms with Crippen LogP contribution in [0.3, 0.4) is 0 Å². The van der Waals surface area contributed by atoms with Crippen LogP contribution < -0.4 is 15.4 Å². The molecular formula is C24H35N3O5S2. The molecule has 0 saturated carbocycles. The van der Waals surface area contributed by atoms with Crippen molar-refractivity contribution in [3.05, 3.63) is 54.1 Å². The second kappa shape index (κ2) is 19.9. The van der Waals surface area contributed by atoms with Crippen LogP contribution in [0.1, 0.15) is 25.3 Å². The van der Waals surface area contributed by atoms with Gasteiger partial charge in [-0.1, -0.05) is 43.3 Å². The Morgan fingerprint density at radius 2 is 1.91 bits per heavy atom. The van der Waals surface area contributed by atoms with E-state index in [1.807, 2.05) is 38.0 Å². The molecule has 0 spiro atoms. The average molecular weight is 510 g/mol. The van der Waals surface area contributed by atoms with Crippen molar-refractivity contribution in [1.29, 1.82) is 0 Å². The van der Waals surface area contributed by atoms with Crippen molar-refractivity contribution in [3.8, 4) is 11.1 Å². The summed E-state index contributed by atoms with van der Waals surface area (Å²) in [5.41, 5.74) is 4.64. The van der Waals surface area contributed by atoms with E-state index in [0.717, 1.165) is 17.9 Å². The molecule has 188 valence electrons. The smallest absolute Gasteiger partial charge is 0.317 e. The number of aliphatic carboxylic acids is 1. The van der Waals surface area contributed by atoms with Crippen LogP contribution in [0, 0.1) is 6.92 Å². The van der Waals surface area contributed by atoms with Gasteiger partial charge in [0, 0.05) is 12.1 Å². The van der Waals surface area contributed by atoms with Crippen LogP contribution in [0.25, 0.3) is 11.1 Å². The van der Waals surface area contributed by atoms with E-state index < -0.39 is 5.97 Å². The Kier molecular flexibility index (Phi) is 18.4. The molecule has 34 heavy (non-hydrogen) atoms. The number of aryl methyl sites for hydroxylation is 1. The Balaban J connectivity index is 0.000000841. The van der Waals surface area contributed by atoms with Crippen molar-refractivity contribution in [1.82, 2.24) is 10.6 Å². The highest BCUT2D eigenvalue weighted by Crippen LogP contribution is 2.27. The van der Waals surface area contributed by atoms with E-state index in [4.69, 9.17) is 14.1 Å². The first-order valence-electron chi connectivity index (χ1n) is 10.7. The number of anilines is 1. The molecule has 0 bridgehead atoms. The zero-order chi connectivity index (χ0) is 25.8. The Labute approximate surface area is 212 Å². The number of rotatable bonds is 8. The first-order valence-corrected chi connectivity index (χ1v) is 12.0. The Bertz CT molecular complexity index is 841. The summed E-state index contributed by atoms with van der Waals surface area (Å²) >= 11 is 4.99. The number of amides is 1. The molecule has 1 saturated heterocycles. The molecule has 1 atom stereocenters. The SMILES string of the molecule is C=O.CCS.CNCC(=O)O.Cc1ccc(NSOC[C@@H]2CCC(=O)N2)cc1-c1ccccc1. The molecular weight excluding hydrogens is 474 g/mol. The van der Waals surface area contributed by atoms with Gasteiger partial charge in [0.1, 0.15) is 19.0 Å². The van der Waals surface area contributed by atoms with Crippen molar-refractivity contribution < 1.29 is 23.7 Å². The second-order valence-electron chi connectivity index (χ2n) is 6.91. The molecule has 1 aliphatic rings. The van der Waals surface area contributed by atoms with Gasteiger partial charge >= 0.3 is 5.97 Å². The van der Waals surface area contributed by atoms with Crippen LogP contribution >= 0.6 is 24.9 Å². The molecule has 8 nitrogen and oxygen atoms in total. The number of nitrogens with one attached hydrogen (secondary N) is 3. The number of carbonyl (C=O) groups is 3. The van der Waals surface area contributed by atoms with Crippen molar-refractivity contribution in [2.75, 3.05) is 30.7 Å². The number of carboxylic acids is 1. The summed E-state index contributed by atoms with van der Waals surface area (Å²) in [5.74, 6) is 0.236. The zero-order valence-corrected chi connectivity index (χ0v) is 21.6. The van der Waals surface area contributed by atoms with Gasteiger partial charge in [-0.05, 0) is 55.0 Å². The van der Waals surface area contributed by atoms with Gasteiger partial charge in [0.05, 0.1) is 19.2 Å². The highest BCUT2D eigenvalue weighted by molar-refractivity contribution is 7.96. The van der Waals surface area contributed by atoms with Gasteiger partial charge in [-0.25, -0.2) is 0 Å². The number of thiol groups is 1. The van der Waals surface area contributed by atoms with Gasteiger partial charge in [-0.15, -0.1) is 0 Å². The van der Waals surface area contributed by atoms with Crippen molar-refractivity contribution in [2.24, 2.45) is 0 Å². The first-order chi connectivity index (χ1) is 16.4. The Morgan fingerprint density at radius 3 is 2.41 bits per heavy atom. The van der Waals surface area contributed by atoms with Gasteiger partial charge in [-0.2, -0.15) is 12.6 Å². The summed E-state index contributed by atoms with van der Waals surface area (Å²) in [5, 5.41) is 13.2. The van der Waals surface area contributed by atoms with E-state index in [-0.39, 0.29) is 18.5 Å². The number of hydrogen-bond acceptors (Lipinski definition) is 8. The lowest BCUT2D eigenvalue weighted by atomic mass is 10.0. The van der Waals surface area contributed by atoms with Crippen LogP contribution in [-0.2, 0) is 18.6 Å². The minimum atomic E-state index is -0.822. The molecule has 0 unspecified atom stereocenters. The van der Waals surface area contributed by atoms with Crippen LogP contribution in [0.2, 0.25) is 0 Å². The third kappa shape index (κ3) is 13.9. The molecule has 3 rings (SSSR count). The zero-order valence-electron chi connectivity index (χ0n) is 19.9. The molecule has 2 aromatic carbocycles. The molecule has 1 aliphatic heterocycles. The fourth-order valence-electron chi connectivity index (χ4n) is 2.76. The Morgan fingerprint density at radius 1 is 1.26 bits per heavy atom. The molecule has 0 aromatic heterocycles. The third-order valence-electron chi connectivity index (χ3n) is 4.22. The predicted octanol–water partition coefficient (Wildman–Crippen LogP) is 3.97. The summed E-state index contributed by atoms with van der Waals surface area (Å²) in [6.07, 6.45) is 1.45. The maximum atomic E-state index is 11.1. The van der Waals surface area contributed by atoms with Crippen LogP contribution in [0.4, 0.5) is 5.69 Å². The van der Waals surface area contributed by atoms with E-state index in [0.29, 0.717) is 13.0 Å². The second-order valence-corrected chi connectivity index (χ2v) is 8.15. The van der Waals surface area contributed by atoms with E-state index >= 15 is 0 Å². The van der Waals surface area contributed by atoms with Gasteiger partial charge in [0.25, 0.3) is 0 Å². The molecule has 0 radical (unpaired) electrons. The van der Waals surface area contributed by atoms with Crippen molar-refractivity contribution >= 4 is 49.2 Å². The monoisotopic (exact) mass is 509 g/mol. The highest BCUT2D eigenvalue weighted by Gasteiger charge is 2.20. The van der Waals surface area contributed by atoms with Crippen LogP contribution in [-0.4, -0.2) is 55.8 Å². The number of hydrogen-bond donors (Lipinski definition) is 5. The fourth-order valence-corrected chi connectivity index (χ4v) is 3.28. The summed E-state index contributed by atoms with van der Waals surface area (Å²) < 4.78 is 8.74. The highest BCUT2D eigenvalue weighted by atomic mass is 32.2.